The number of ether oxygens (including phenoxy) is 2. The first-order valence-electron chi connectivity index (χ1n) is 16.7. The van der Waals surface area contributed by atoms with Gasteiger partial charge in [0.05, 0.1) is 18.3 Å². The van der Waals surface area contributed by atoms with E-state index >= 15 is 0 Å². The summed E-state index contributed by atoms with van der Waals surface area (Å²) in [5, 5.41) is 21.1. The van der Waals surface area contributed by atoms with Gasteiger partial charge in [-0.1, -0.05) is 77.1 Å². The third-order valence-electron chi connectivity index (χ3n) is 8.98. The van der Waals surface area contributed by atoms with Gasteiger partial charge in [-0.25, -0.2) is 0 Å². The number of rotatable bonds is 11. The molecule has 0 aromatic heterocycles. The van der Waals surface area contributed by atoms with Crippen molar-refractivity contribution in [3.05, 3.63) is 59.7 Å². The van der Waals surface area contributed by atoms with Crippen molar-refractivity contribution in [2.24, 2.45) is 11.8 Å². The summed E-state index contributed by atoms with van der Waals surface area (Å²) in [6.07, 6.45) is 11.2. The first-order valence-corrected chi connectivity index (χ1v) is 16.7. The molecule has 0 saturated heterocycles. The molecule has 2 N–H and O–H groups in total. The first-order chi connectivity index (χ1) is 20.6. The van der Waals surface area contributed by atoms with Gasteiger partial charge >= 0.3 is 0 Å². The highest BCUT2D eigenvalue weighted by Gasteiger charge is 2.43. The van der Waals surface area contributed by atoms with Crippen molar-refractivity contribution in [3.63, 3.8) is 0 Å². The zero-order chi connectivity index (χ0) is 31.9. The summed E-state index contributed by atoms with van der Waals surface area (Å²) >= 11 is 0. The molecule has 6 heteroatoms. The minimum Gasteiger partial charge on any atom is -0.508 e. The lowest BCUT2D eigenvalue weighted by Crippen LogP contribution is -2.45. The maximum absolute atomic E-state index is 11.2. The fraction of sp³-hybridized carbons (Fsp3) is 0.676. The SMILES string of the molecule is CC.CCCCOC1(c2cccc(O)c2)CCCCC1CN(C)C.COc1cccc(C2(O)CCCCC2CN(C)C)c1. The van der Waals surface area contributed by atoms with Gasteiger partial charge in [0.15, 0.2) is 0 Å². The summed E-state index contributed by atoms with van der Waals surface area (Å²) in [5.41, 5.74) is 1.20. The lowest BCUT2D eigenvalue weighted by molar-refractivity contribution is -0.121. The molecule has 4 atom stereocenters. The van der Waals surface area contributed by atoms with Crippen LogP contribution in [0.15, 0.2) is 48.5 Å². The summed E-state index contributed by atoms with van der Waals surface area (Å²) in [6.45, 7) is 8.95. The summed E-state index contributed by atoms with van der Waals surface area (Å²) in [7, 11) is 10.1. The number of hydrogen-bond donors (Lipinski definition) is 2. The molecular formula is C37H62N2O4. The Morgan fingerprint density at radius 2 is 1.42 bits per heavy atom. The Hall–Kier alpha value is -2.12. The molecule has 2 saturated carbocycles. The maximum Gasteiger partial charge on any atom is 0.119 e. The van der Waals surface area contributed by atoms with E-state index in [9.17, 15) is 10.2 Å². The van der Waals surface area contributed by atoms with Gasteiger partial charge in [0.1, 0.15) is 11.5 Å². The van der Waals surface area contributed by atoms with Crippen LogP contribution in [0, 0.1) is 11.8 Å². The second kappa shape index (κ2) is 18.6. The molecule has 4 rings (SSSR count). The molecule has 4 unspecified atom stereocenters. The standard InChI is InChI=1S/C19H31NO2.C16H25NO2.C2H6/c1-4-5-13-22-19(16-10-8-11-18(21)14-16)12-7-6-9-17(19)15-20(2)3;1-17(2)12-14-7-4-5-10-16(14,18)13-8-6-9-15(11-13)19-3;1-2/h8,10-11,14,17,21H,4-7,9,12-13,15H2,1-3H3;6,8-9,11,14,18H,4-5,7,10,12H2,1-3H3;1-2H3. The van der Waals surface area contributed by atoms with Gasteiger partial charge in [-0.3, -0.25) is 0 Å². The topological polar surface area (TPSA) is 65.4 Å². The van der Waals surface area contributed by atoms with E-state index in [0.717, 1.165) is 75.1 Å². The lowest BCUT2D eigenvalue weighted by Gasteiger charge is -2.45. The van der Waals surface area contributed by atoms with Crippen LogP contribution in [0.2, 0.25) is 0 Å². The van der Waals surface area contributed by atoms with Gasteiger partial charge in [-0.05, 0) is 95.7 Å². The molecule has 0 aliphatic heterocycles. The van der Waals surface area contributed by atoms with Crippen molar-refractivity contribution >= 4 is 0 Å². The van der Waals surface area contributed by atoms with Crippen LogP contribution in [-0.2, 0) is 15.9 Å². The molecule has 2 aromatic carbocycles. The number of aromatic hydroxyl groups is 1. The first kappa shape index (κ1) is 37.1. The second-order valence-electron chi connectivity index (χ2n) is 12.7. The number of nitrogens with zero attached hydrogens (tertiary/aromatic N) is 2. The lowest BCUT2D eigenvalue weighted by atomic mass is 9.71. The predicted octanol–water partition coefficient (Wildman–Crippen LogP) is 7.82. The molecule has 0 bridgehead atoms. The Labute approximate surface area is 263 Å². The molecule has 244 valence electrons. The third-order valence-corrected chi connectivity index (χ3v) is 8.98. The van der Waals surface area contributed by atoms with Crippen molar-refractivity contribution in [1.29, 1.82) is 0 Å². The molecular weight excluding hydrogens is 536 g/mol. The number of phenols is 1. The fourth-order valence-electron chi connectivity index (χ4n) is 6.90. The smallest absolute Gasteiger partial charge is 0.119 e. The Balaban J connectivity index is 0.000000286. The zero-order valence-electron chi connectivity index (χ0n) is 28.6. The molecule has 0 amide bonds. The average Bonchev–Trinajstić information content (AvgIpc) is 3.00. The van der Waals surface area contributed by atoms with Gasteiger partial charge < -0.3 is 29.5 Å². The third kappa shape index (κ3) is 10.5. The number of unbranched alkanes of at least 4 members (excludes halogenated alkanes) is 1. The molecule has 6 nitrogen and oxygen atoms in total. The molecule has 2 aromatic rings. The summed E-state index contributed by atoms with van der Waals surface area (Å²) < 4.78 is 11.8. The number of methoxy groups -OCH3 is 1. The number of phenolic OH excluding ortho intramolecular Hbond substituents is 1. The molecule has 0 heterocycles. The largest absolute Gasteiger partial charge is 0.508 e. The van der Waals surface area contributed by atoms with Crippen LogP contribution >= 0.6 is 0 Å². The van der Waals surface area contributed by atoms with Crippen LogP contribution in [0.3, 0.4) is 0 Å². The van der Waals surface area contributed by atoms with Crippen LogP contribution in [0.25, 0.3) is 0 Å². The van der Waals surface area contributed by atoms with Gasteiger partial charge in [0.2, 0.25) is 0 Å². The van der Waals surface area contributed by atoms with E-state index in [1.165, 1.54) is 25.7 Å². The highest BCUT2D eigenvalue weighted by molar-refractivity contribution is 5.34. The van der Waals surface area contributed by atoms with Gasteiger partial charge in [0.25, 0.3) is 0 Å². The summed E-state index contributed by atoms with van der Waals surface area (Å²) in [4.78, 5) is 4.43. The van der Waals surface area contributed by atoms with E-state index in [1.54, 1.807) is 13.2 Å². The summed E-state index contributed by atoms with van der Waals surface area (Å²) in [5.74, 6) is 1.93. The van der Waals surface area contributed by atoms with E-state index in [4.69, 9.17) is 9.47 Å². The highest BCUT2D eigenvalue weighted by atomic mass is 16.5. The zero-order valence-corrected chi connectivity index (χ0v) is 28.6. The van der Waals surface area contributed by atoms with Gasteiger partial charge in [0, 0.05) is 31.5 Å². The van der Waals surface area contributed by atoms with Crippen molar-refractivity contribution in [3.8, 4) is 11.5 Å². The van der Waals surface area contributed by atoms with Crippen LogP contribution < -0.4 is 4.74 Å². The van der Waals surface area contributed by atoms with Crippen molar-refractivity contribution in [2.45, 2.75) is 96.2 Å². The monoisotopic (exact) mass is 598 g/mol. The Morgan fingerprint density at radius 1 is 0.814 bits per heavy atom. The fourth-order valence-corrected chi connectivity index (χ4v) is 6.90. The Bertz CT molecular complexity index is 1040. The van der Waals surface area contributed by atoms with Crippen LogP contribution in [0.4, 0.5) is 0 Å². The minimum atomic E-state index is -0.711. The Kier molecular flexibility index (Phi) is 16.1. The molecule has 0 spiro atoms. The molecule has 43 heavy (non-hydrogen) atoms. The number of benzene rings is 2. The molecule has 2 aliphatic rings. The predicted molar refractivity (Wildman–Crippen MR) is 180 cm³/mol. The van der Waals surface area contributed by atoms with E-state index < -0.39 is 5.60 Å². The Morgan fingerprint density at radius 3 is 2.05 bits per heavy atom. The quantitative estimate of drug-likeness (QED) is 0.257. The van der Waals surface area contributed by atoms with Crippen LogP contribution in [0.1, 0.15) is 96.1 Å². The molecule has 2 aliphatic carbocycles. The minimum absolute atomic E-state index is 0.240. The van der Waals surface area contributed by atoms with E-state index in [-0.39, 0.29) is 5.60 Å². The molecule has 0 radical (unpaired) electrons. The number of aliphatic hydroxyl groups is 1. The van der Waals surface area contributed by atoms with Crippen molar-refractivity contribution < 1.29 is 19.7 Å². The van der Waals surface area contributed by atoms with Crippen molar-refractivity contribution in [1.82, 2.24) is 9.80 Å². The summed E-state index contributed by atoms with van der Waals surface area (Å²) in [6, 6.07) is 15.6. The normalized spacial score (nSPS) is 25.4. The van der Waals surface area contributed by atoms with Crippen LogP contribution in [0.5, 0.6) is 11.5 Å². The maximum atomic E-state index is 11.2. The second-order valence-corrected chi connectivity index (χ2v) is 12.7. The number of hydrogen-bond acceptors (Lipinski definition) is 6. The van der Waals surface area contributed by atoms with Gasteiger partial charge in [-0.15, -0.1) is 0 Å². The van der Waals surface area contributed by atoms with E-state index in [2.05, 4.69) is 51.0 Å². The van der Waals surface area contributed by atoms with Gasteiger partial charge in [-0.2, -0.15) is 0 Å². The van der Waals surface area contributed by atoms with Crippen molar-refractivity contribution in [2.75, 3.05) is 55.0 Å². The average molecular weight is 599 g/mol. The van der Waals surface area contributed by atoms with E-state index in [1.807, 2.05) is 50.2 Å². The highest BCUT2D eigenvalue weighted by Crippen LogP contribution is 2.46. The van der Waals surface area contributed by atoms with E-state index in [0.29, 0.717) is 17.6 Å². The molecule has 2 fully saturated rings. The van der Waals surface area contributed by atoms with Crippen LogP contribution in [-0.4, -0.2) is 75.0 Å².